The molecule has 1 aromatic heterocycles. The van der Waals surface area contributed by atoms with Crippen LogP contribution in [0.1, 0.15) is 29.8 Å². The van der Waals surface area contributed by atoms with Crippen LogP contribution in [0.2, 0.25) is 5.02 Å². The number of carbonyl (C=O) groups is 2. The van der Waals surface area contributed by atoms with Gasteiger partial charge >= 0.3 is 0 Å². The van der Waals surface area contributed by atoms with Crippen molar-refractivity contribution in [3.8, 4) is 0 Å². The van der Waals surface area contributed by atoms with Crippen molar-refractivity contribution in [1.82, 2.24) is 15.2 Å². The van der Waals surface area contributed by atoms with Gasteiger partial charge in [0.25, 0.3) is 5.91 Å². The molecule has 1 fully saturated rings. The first kappa shape index (κ1) is 18.7. The number of benzene rings is 1. The number of fused-ring (bicyclic) bond motifs is 1. The second-order valence-electron chi connectivity index (χ2n) is 6.62. The lowest BCUT2D eigenvalue weighted by Gasteiger charge is -2.31. The van der Waals surface area contributed by atoms with Crippen LogP contribution < -0.4 is 5.32 Å². The number of piperidine rings is 1. The van der Waals surface area contributed by atoms with Crippen LogP contribution in [0.5, 0.6) is 0 Å². The van der Waals surface area contributed by atoms with Crippen LogP contribution in [0.15, 0.2) is 24.3 Å². The first-order valence-electron chi connectivity index (χ1n) is 8.92. The molecule has 3 rings (SSSR count). The average molecular weight is 378 g/mol. The molecule has 1 aromatic carbocycles. The van der Waals surface area contributed by atoms with Gasteiger partial charge in [-0.05, 0) is 43.5 Å². The van der Waals surface area contributed by atoms with E-state index >= 15 is 0 Å². The molecule has 2 amide bonds. The smallest absolute Gasteiger partial charge is 0.270 e. The molecule has 2 N–H and O–H groups in total. The molecule has 0 aliphatic carbocycles. The van der Waals surface area contributed by atoms with E-state index in [0.717, 1.165) is 17.3 Å². The molecule has 0 atom stereocenters. The van der Waals surface area contributed by atoms with Crippen molar-refractivity contribution in [1.29, 1.82) is 0 Å². The van der Waals surface area contributed by atoms with E-state index in [9.17, 15) is 9.59 Å². The number of hydrogen-bond acceptors (Lipinski definition) is 3. The van der Waals surface area contributed by atoms with Gasteiger partial charge in [0.1, 0.15) is 5.69 Å². The summed E-state index contributed by atoms with van der Waals surface area (Å²) in [4.78, 5) is 29.9. The van der Waals surface area contributed by atoms with E-state index in [1.165, 1.54) is 0 Å². The zero-order chi connectivity index (χ0) is 18.5. The number of carbonyl (C=O) groups excluding carboxylic acids is 2. The largest absolute Gasteiger partial charge is 0.385 e. The van der Waals surface area contributed by atoms with Crippen molar-refractivity contribution in [3.63, 3.8) is 0 Å². The minimum absolute atomic E-state index is 0.0249. The summed E-state index contributed by atoms with van der Waals surface area (Å²) in [5.74, 6) is 0.0212. The van der Waals surface area contributed by atoms with Gasteiger partial charge in [-0.15, -0.1) is 0 Å². The zero-order valence-electron chi connectivity index (χ0n) is 14.9. The Morgan fingerprint density at radius 2 is 2.08 bits per heavy atom. The topological polar surface area (TPSA) is 74.4 Å². The summed E-state index contributed by atoms with van der Waals surface area (Å²) >= 11 is 6.00. The van der Waals surface area contributed by atoms with Gasteiger partial charge in [0.15, 0.2) is 0 Å². The standard InChI is InChI=1S/C19H24ClN3O3/c1-26-10-2-7-21-18(24)13-5-8-23(9-6-13)19(25)17-12-14-11-15(20)3-4-16(14)22-17/h3-4,11-13,22H,2,5-10H2,1H3,(H,21,24). The van der Waals surface area contributed by atoms with Gasteiger partial charge in [0.05, 0.1) is 0 Å². The van der Waals surface area contributed by atoms with E-state index in [2.05, 4.69) is 10.3 Å². The Hall–Kier alpha value is -2.05. The van der Waals surface area contributed by atoms with Gasteiger partial charge < -0.3 is 19.9 Å². The minimum atomic E-state index is -0.0312. The Kier molecular flexibility index (Phi) is 6.16. The van der Waals surface area contributed by atoms with E-state index in [1.807, 2.05) is 18.2 Å². The van der Waals surface area contributed by atoms with Crippen LogP contribution >= 0.6 is 11.6 Å². The monoisotopic (exact) mass is 377 g/mol. The van der Waals surface area contributed by atoms with Gasteiger partial charge in [0.2, 0.25) is 5.91 Å². The average Bonchev–Trinajstić information content (AvgIpc) is 3.07. The van der Waals surface area contributed by atoms with E-state index < -0.39 is 0 Å². The van der Waals surface area contributed by atoms with E-state index in [-0.39, 0.29) is 17.7 Å². The van der Waals surface area contributed by atoms with Crippen molar-refractivity contribution in [2.24, 2.45) is 5.92 Å². The number of amides is 2. The number of likely N-dealkylation sites (tertiary alicyclic amines) is 1. The highest BCUT2D eigenvalue weighted by Gasteiger charge is 2.28. The number of aromatic nitrogens is 1. The zero-order valence-corrected chi connectivity index (χ0v) is 15.6. The Morgan fingerprint density at radius 3 is 2.81 bits per heavy atom. The lowest BCUT2D eigenvalue weighted by Crippen LogP contribution is -2.43. The number of methoxy groups -OCH3 is 1. The van der Waals surface area contributed by atoms with Crippen molar-refractivity contribution >= 4 is 34.3 Å². The van der Waals surface area contributed by atoms with Crippen LogP contribution in [0.25, 0.3) is 10.9 Å². The molecular weight excluding hydrogens is 354 g/mol. The number of H-pyrrole nitrogens is 1. The lowest BCUT2D eigenvalue weighted by molar-refractivity contribution is -0.126. The predicted octanol–water partition coefficient (Wildman–Crippen LogP) is 2.83. The summed E-state index contributed by atoms with van der Waals surface area (Å²) in [5, 5.41) is 4.51. The highest BCUT2D eigenvalue weighted by Crippen LogP contribution is 2.23. The summed E-state index contributed by atoms with van der Waals surface area (Å²) in [6.07, 6.45) is 2.19. The molecule has 0 bridgehead atoms. The number of rotatable bonds is 6. The fourth-order valence-corrected chi connectivity index (χ4v) is 3.49. The number of nitrogens with zero attached hydrogens (tertiary/aromatic N) is 1. The molecule has 0 unspecified atom stereocenters. The maximum absolute atomic E-state index is 12.7. The maximum atomic E-state index is 12.7. The Bertz CT molecular complexity index is 781. The fraction of sp³-hybridized carbons (Fsp3) is 0.474. The molecule has 1 aliphatic heterocycles. The second kappa shape index (κ2) is 8.56. The molecule has 1 aliphatic rings. The number of ether oxygens (including phenoxy) is 1. The van der Waals surface area contributed by atoms with Gasteiger partial charge in [-0.1, -0.05) is 11.6 Å². The van der Waals surface area contributed by atoms with Crippen molar-refractivity contribution in [2.45, 2.75) is 19.3 Å². The molecule has 2 heterocycles. The molecule has 7 heteroatoms. The Morgan fingerprint density at radius 1 is 1.31 bits per heavy atom. The van der Waals surface area contributed by atoms with Crippen molar-refractivity contribution in [2.75, 3.05) is 33.4 Å². The third-order valence-electron chi connectivity index (χ3n) is 4.79. The minimum Gasteiger partial charge on any atom is -0.385 e. The maximum Gasteiger partial charge on any atom is 0.270 e. The molecule has 6 nitrogen and oxygen atoms in total. The highest BCUT2D eigenvalue weighted by atomic mass is 35.5. The summed E-state index contributed by atoms with van der Waals surface area (Å²) in [5.41, 5.74) is 1.45. The number of halogens is 1. The molecule has 140 valence electrons. The quantitative estimate of drug-likeness (QED) is 0.760. The summed E-state index contributed by atoms with van der Waals surface area (Å²) < 4.78 is 4.97. The Balaban J connectivity index is 1.53. The third-order valence-corrected chi connectivity index (χ3v) is 5.03. The van der Waals surface area contributed by atoms with Crippen LogP contribution in [-0.2, 0) is 9.53 Å². The van der Waals surface area contributed by atoms with Gasteiger partial charge in [-0.25, -0.2) is 0 Å². The van der Waals surface area contributed by atoms with E-state index in [0.29, 0.717) is 49.8 Å². The fourth-order valence-electron chi connectivity index (χ4n) is 3.31. The SMILES string of the molecule is COCCCNC(=O)C1CCN(C(=O)c2cc3cc(Cl)ccc3[nH]2)CC1. The number of hydrogen-bond donors (Lipinski definition) is 2. The van der Waals surface area contributed by atoms with Gasteiger partial charge in [-0.3, -0.25) is 9.59 Å². The van der Waals surface area contributed by atoms with Crippen LogP contribution in [0.4, 0.5) is 0 Å². The molecule has 0 saturated carbocycles. The number of aromatic amines is 1. The van der Waals surface area contributed by atoms with Crippen molar-refractivity contribution in [3.05, 3.63) is 35.0 Å². The van der Waals surface area contributed by atoms with Crippen LogP contribution in [-0.4, -0.2) is 55.0 Å². The van der Waals surface area contributed by atoms with Crippen LogP contribution in [0, 0.1) is 5.92 Å². The first-order valence-corrected chi connectivity index (χ1v) is 9.30. The van der Waals surface area contributed by atoms with Crippen LogP contribution in [0.3, 0.4) is 0 Å². The predicted molar refractivity (Wildman–Crippen MR) is 101 cm³/mol. The normalized spacial score (nSPS) is 15.4. The molecule has 26 heavy (non-hydrogen) atoms. The molecule has 0 radical (unpaired) electrons. The summed E-state index contributed by atoms with van der Waals surface area (Å²) in [6, 6.07) is 7.34. The van der Waals surface area contributed by atoms with Gasteiger partial charge in [-0.2, -0.15) is 0 Å². The molecule has 1 saturated heterocycles. The highest BCUT2D eigenvalue weighted by molar-refractivity contribution is 6.31. The lowest BCUT2D eigenvalue weighted by atomic mass is 9.95. The molecule has 2 aromatic rings. The van der Waals surface area contributed by atoms with E-state index in [4.69, 9.17) is 16.3 Å². The third kappa shape index (κ3) is 4.37. The van der Waals surface area contributed by atoms with Gasteiger partial charge in [0, 0.05) is 55.2 Å². The second-order valence-corrected chi connectivity index (χ2v) is 7.05. The Labute approximate surface area is 157 Å². The first-order chi connectivity index (χ1) is 12.6. The summed E-state index contributed by atoms with van der Waals surface area (Å²) in [7, 11) is 1.65. The molecular formula is C19H24ClN3O3. The molecule has 0 spiro atoms. The van der Waals surface area contributed by atoms with E-state index in [1.54, 1.807) is 18.1 Å². The number of nitrogens with one attached hydrogen (secondary N) is 2. The summed E-state index contributed by atoms with van der Waals surface area (Å²) in [6.45, 7) is 2.45. The van der Waals surface area contributed by atoms with Crippen molar-refractivity contribution < 1.29 is 14.3 Å².